The highest BCUT2D eigenvalue weighted by molar-refractivity contribution is 5.48. The van der Waals surface area contributed by atoms with Gasteiger partial charge in [-0.05, 0) is 44.9 Å². The molecule has 0 aliphatic heterocycles. The van der Waals surface area contributed by atoms with Crippen LogP contribution in [0.5, 0.6) is 5.75 Å². The molecule has 1 fully saturated rings. The van der Waals surface area contributed by atoms with Gasteiger partial charge in [-0.25, -0.2) is 0 Å². The minimum absolute atomic E-state index is 0.0140. The Labute approximate surface area is 113 Å². The van der Waals surface area contributed by atoms with E-state index in [0.717, 1.165) is 24.8 Å². The molecule has 1 aromatic rings. The van der Waals surface area contributed by atoms with Gasteiger partial charge in [0, 0.05) is 12.1 Å². The fourth-order valence-corrected chi connectivity index (χ4v) is 2.60. The number of nitrogens with one attached hydrogen (secondary N) is 1. The van der Waals surface area contributed by atoms with E-state index in [1.807, 2.05) is 20.0 Å². The lowest BCUT2D eigenvalue weighted by Crippen LogP contribution is -2.43. The van der Waals surface area contributed by atoms with Crippen molar-refractivity contribution >= 4 is 5.69 Å². The summed E-state index contributed by atoms with van der Waals surface area (Å²) in [4.78, 5) is 10.7. The predicted molar refractivity (Wildman–Crippen MR) is 73.6 cm³/mol. The molecule has 2 rings (SSSR count). The van der Waals surface area contributed by atoms with Gasteiger partial charge in [0.1, 0.15) is 6.10 Å². The van der Waals surface area contributed by atoms with Gasteiger partial charge < -0.3 is 10.1 Å². The largest absolute Gasteiger partial charge is 0.482 e. The minimum atomic E-state index is -0.375. The molecule has 0 heterocycles. The SMILES string of the molecule is CNC1CCCCC1Oc1ccc(C)cc1[N+](=O)[O-]. The zero-order valence-electron chi connectivity index (χ0n) is 11.4. The van der Waals surface area contributed by atoms with Crippen LogP contribution in [-0.2, 0) is 0 Å². The van der Waals surface area contributed by atoms with E-state index in [-0.39, 0.29) is 22.8 Å². The molecule has 1 aliphatic rings. The molecule has 0 radical (unpaired) electrons. The first kappa shape index (κ1) is 13.8. The third kappa shape index (κ3) is 3.23. The number of likely N-dealkylation sites (N-methyl/N-ethyl adjacent to an activating group) is 1. The van der Waals surface area contributed by atoms with Crippen LogP contribution in [0.2, 0.25) is 0 Å². The smallest absolute Gasteiger partial charge is 0.311 e. The van der Waals surface area contributed by atoms with E-state index < -0.39 is 0 Å². The average molecular weight is 264 g/mol. The summed E-state index contributed by atoms with van der Waals surface area (Å²) in [5.74, 6) is 0.378. The third-order valence-electron chi connectivity index (χ3n) is 3.66. The average Bonchev–Trinajstić information content (AvgIpc) is 2.41. The fourth-order valence-electron chi connectivity index (χ4n) is 2.60. The van der Waals surface area contributed by atoms with Crippen LogP contribution in [0, 0.1) is 17.0 Å². The first-order chi connectivity index (χ1) is 9.11. The summed E-state index contributed by atoms with van der Waals surface area (Å²) < 4.78 is 5.90. The van der Waals surface area contributed by atoms with Gasteiger partial charge in [-0.15, -0.1) is 0 Å². The molecular formula is C14H20N2O3. The Morgan fingerprint density at radius 2 is 2.11 bits per heavy atom. The van der Waals surface area contributed by atoms with Crippen LogP contribution < -0.4 is 10.1 Å². The molecule has 0 bridgehead atoms. The van der Waals surface area contributed by atoms with Gasteiger partial charge in [0.15, 0.2) is 5.75 Å². The Morgan fingerprint density at radius 1 is 1.37 bits per heavy atom. The van der Waals surface area contributed by atoms with Gasteiger partial charge in [-0.1, -0.05) is 12.5 Å². The number of rotatable bonds is 4. The molecule has 0 spiro atoms. The molecule has 19 heavy (non-hydrogen) atoms. The molecule has 1 aromatic carbocycles. The number of benzene rings is 1. The Morgan fingerprint density at radius 3 is 2.79 bits per heavy atom. The number of nitrogens with zero attached hydrogens (tertiary/aromatic N) is 1. The lowest BCUT2D eigenvalue weighted by Gasteiger charge is -2.31. The van der Waals surface area contributed by atoms with Gasteiger partial charge in [0.05, 0.1) is 4.92 Å². The van der Waals surface area contributed by atoms with Crippen LogP contribution in [0.15, 0.2) is 18.2 Å². The van der Waals surface area contributed by atoms with Crippen molar-refractivity contribution < 1.29 is 9.66 Å². The molecule has 1 N–H and O–H groups in total. The molecular weight excluding hydrogens is 244 g/mol. The van der Waals surface area contributed by atoms with E-state index >= 15 is 0 Å². The molecule has 5 heteroatoms. The summed E-state index contributed by atoms with van der Waals surface area (Å²) >= 11 is 0. The molecule has 0 aromatic heterocycles. The molecule has 5 nitrogen and oxygen atoms in total. The third-order valence-corrected chi connectivity index (χ3v) is 3.66. The monoisotopic (exact) mass is 264 g/mol. The Bertz CT molecular complexity index is 462. The summed E-state index contributed by atoms with van der Waals surface area (Å²) in [6.07, 6.45) is 4.31. The highest BCUT2D eigenvalue weighted by atomic mass is 16.6. The molecule has 0 amide bonds. The topological polar surface area (TPSA) is 64.4 Å². The normalized spacial score (nSPS) is 23.1. The molecule has 0 saturated heterocycles. The van der Waals surface area contributed by atoms with Crippen LogP contribution in [-0.4, -0.2) is 24.1 Å². The molecule has 1 aliphatic carbocycles. The standard InChI is InChI=1S/C14H20N2O3/c1-10-7-8-14(12(9-10)16(17)18)19-13-6-4-3-5-11(13)15-2/h7-9,11,13,15H,3-6H2,1-2H3. The summed E-state index contributed by atoms with van der Waals surface area (Å²) in [6.45, 7) is 1.84. The summed E-state index contributed by atoms with van der Waals surface area (Å²) in [7, 11) is 1.91. The molecule has 2 atom stereocenters. The van der Waals surface area contributed by atoms with Crippen LogP contribution in [0.3, 0.4) is 0 Å². The van der Waals surface area contributed by atoms with E-state index in [1.54, 1.807) is 12.1 Å². The second kappa shape index (κ2) is 6.02. The van der Waals surface area contributed by atoms with Crippen LogP contribution in [0.4, 0.5) is 5.69 Å². The maximum atomic E-state index is 11.1. The van der Waals surface area contributed by atoms with E-state index in [0.29, 0.717) is 5.75 Å². The first-order valence-electron chi connectivity index (χ1n) is 6.71. The van der Waals surface area contributed by atoms with Crippen molar-refractivity contribution in [1.29, 1.82) is 0 Å². The van der Waals surface area contributed by atoms with Crippen molar-refractivity contribution in [3.8, 4) is 5.75 Å². The number of nitro groups is 1. The van der Waals surface area contributed by atoms with E-state index in [2.05, 4.69) is 5.32 Å². The number of aryl methyl sites for hydroxylation is 1. The van der Waals surface area contributed by atoms with Crippen molar-refractivity contribution in [2.24, 2.45) is 0 Å². The molecule has 2 unspecified atom stereocenters. The van der Waals surface area contributed by atoms with Crippen molar-refractivity contribution in [3.05, 3.63) is 33.9 Å². The van der Waals surface area contributed by atoms with E-state index in [1.165, 1.54) is 6.42 Å². The summed E-state index contributed by atoms with van der Waals surface area (Å²) in [5, 5.41) is 14.3. The first-order valence-corrected chi connectivity index (χ1v) is 6.71. The Hall–Kier alpha value is -1.62. The van der Waals surface area contributed by atoms with Crippen LogP contribution in [0.25, 0.3) is 0 Å². The summed E-state index contributed by atoms with van der Waals surface area (Å²) in [6, 6.07) is 5.38. The van der Waals surface area contributed by atoms with Crippen LogP contribution >= 0.6 is 0 Å². The minimum Gasteiger partial charge on any atom is -0.482 e. The fraction of sp³-hybridized carbons (Fsp3) is 0.571. The van der Waals surface area contributed by atoms with Crippen molar-refractivity contribution in [2.75, 3.05) is 7.05 Å². The van der Waals surface area contributed by atoms with Crippen molar-refractivity contribution in [3.63, 3.8) is 0 Å². The van der Waals surface area contributed by atoms with E-state index in [4.69, 9.17) is 4.74 Å². The van der Waals surface area contributed by atoms with Gasteiger partial charge in [0.2, 0.25) is 0 Å². The highest BCUT2D eigenvalue weighted by Crippen LogP contribution is 2.31. The number of nitro benzene ring substituents is 1. The number of hydrogen-bond donors (Lipinski definition) is 1. The predicted octanol–water partition coefficient (Wildman–Crippen LogP) is 2.81. The lowest BCUT2D eigenvalue weighted by molar-refractivity contribution is -0.386. The summed E-state index contributed by atoms with van der Waals surface area (Å²) in [5.41, 5.74) is 0.924. The second-order valence-corrected chi connectivity index (χ2v) is 5.06. The highest BCUT2D eigenvalue weighted by Gasteiger charge is 2.27. The van der Waals surface area contributed by atoms with Crippen LogP contribution in [0.1, 0.15) is 31.2 Å². The Balaban J connectivity index is 2.20. The van der Waals surface area contributed by atoms with Crippen molar-refractivity contribution in [1.82, 2.24) is 5.32 Å². The van der Waals surface area contributed by atoms with Gasteiger partial charge >= 0.3 is 5.69 Å². The maximum Gasteiger partial charge on any atom is 0.311 e. The Kier molecular flexibility index (Phi) is 4.37. The lowest BCUT2D eigenvalue weighted by atomic mass is 9.92. The molecule has 1 saturated carbocycles. The zero-order chi connectivity index (χ0) is 13.8. The zero-order valence-corrected chi connectivity index (χ0v) is 11.4. The van der Waals surface area contributed by atoms with Gasteiger partial charge in [0.25, 0.3) is 0 Å². The van der Waals surface area contributed by atoms with Gasteiger partial charge in [-0.3, -0.25) is 10.1 Å². The quantitative estimate of drug-likeness (QED) is 0.671. The number of ether oxygens (including phenoxy) is 1. The maximum absolute atomic E-state index is 11.1. The van der Waals surface area contributed by atoms with E-state index in [9.17, 15) is 10.1 Å². The van der Waals surface area contributed by atoms with Gasteiger partial charge in [-0.2, -0.15) is 0 Å². The van der Waals surface area contributed by atoms with Crippen molar-refractivity contribution in [2.45, 2.75) is 44.8 Å². The molecule has 104 valence electrons. The number of hydrogen-bond acceptors (Lipinski definition) is 4. The second-order valence-electron chi connectivity index (χ2n) is 5.06.